The van der Waals surface area contributed by atoms with Gasteiger partial charge in [0.15, 0.2) is 0 Å². The summed E-state index contributed by atoms with van der Waals surface area (Å²) in [4.78, 5) is 37.9. The van der Waals surface area contributed by atoms with Crippen molar-refractivity contribution in [2.24, 2.45) is 0 Å². The Bertz CT molecular complexity index is 615. The minimum atomic E-state index is -0.860. The zero-order chi connectivity index (χ0) is 17.0. The minimum Gasteiger partial charge on any atom is -0.396 e. The quantitative estimate of drug-likeness (QED) is 0.529. The molecule has 0 fully saturated rings. The van der Waals surface area contributed by atoms with Gasteiger partial charge in [-0.05, 0) is 26.3 Å². The van der Waals surface area contributed by atoms with E-state index in [0.29, 0.717) is 12.0 Å². The van der Waals surface area contributed by atoms with Crippen LogP contribution in [0.2, 0.25) is 0 Å². The fourth-order valence-electron chi connectivity index (χ4n) is 2.57. The highest BCUT2D eigenvalue weighted by molar-refractivity contribution is 6.35. The average Bonchev–Trinajstić information content (AvgIpc) is 2.80. The van der Waals surface area contributed by atoms with Crippen molar-refractivity contribution in [3.63, 3.8) is 0 Å². The first kappa shape index (κ1) is 17.0. The fraction of sp³-hybridized carbons (Fsp3) is 0.438. The van der Waals surface area contributed by atoms with Crippen molar-refractivity contribution < 1.29 is 19.5 Å². The summed E-state index contributed by atoms with van der Waals surface area (Å²) in [6.45, 7) is 3.91. The second kappa shape index (κ2) is 7.23. The van der Waals surface area contributed by atoms with Crippen molar-refractivity contribution in [1.29, 1.82) is 0 Å². The molecule has 7 nitrogen and oxygen atoms in total. The number of para-hydroxylation sites is 1. The lowest BCUT2D eigenvalue weighted by atomic mass is 10.1. The van der Waals surface area contributed by atoms with Crippen LogP contribution in [0.15, 0.2) is 24.3 Å². The summed E-state index contributed by atoms with van der Waals surface area (Å²) in [5.41, 5.74) is 1.43. The molecule has 7 heteroatoms. The molecule has 1 aromatic rings. The van der Waals surface area contributed by atoms with Gasteiger partial charge in [0, 0.05) is 30.4 Å². The van der Waals surface area contributed by atoms with E-state index in [4.69, 9.17) is 5.11 Å². The number of aliphatic hydroxyl groups excluding tert-OH is 1. The molecular weight excluding hydrogens is 298 g/mol. The first-order chi connectivity index (χ1) is 11.0. The van der Waals surface area contributed by atoms with Crippen molar-refractivity contribution in [2.75, 3.05) is 18.1 Å². The Kier molecular flexibility index (Phi) is 5.33. The van der Waals surface area contributed by atoms with E-state index in [2.05, 4.69) is 10.6 Å². The lowest BCUT2D eigenvalue weighted by Gasteiger charge is -2.22. The molecule has 1 aromatic carbocycles. The lowest BCUT2D eigenvalue weighted by Crippen LogP contribution is -2.45. The largest absolute Gasteiger partial charge is 0.396 e. The molecule has 1 aliphatic rings. The van der Waals surface area contributed by atoms with Crippen LogP contribution in [0, 0.1) is 0 Å². The molecule has 2 rings (SSSR count). The van der Waals surface area contributed by atoms with Crippen molar-refractivity contribution in [2.45, 2.75) is 32.4 Å². The van der Waals surface area contributed by atoms with E-state index in [1.165, 1.54) is 0 Å². The van der Waals surface area contributed by atoms with Crippen molar-refractivity contribution in [1.82, 2.24) is 10.6 Å². The topological polar surface area (TPSA) is 98.7 Å². The minimum absolute atomic E-state index is 0.0519. The van der Waals surface area contributed by atoms with Gasteiger partial charge >= 0.3 is 11.8 Å². The van der Waals surface area contributed by atoms with Crippen LogP contribution in [0.3, 0.4) is 0 Å². The molecule has 0 saturated heterocycles. The van der Waals surface area contributed by atoms with E-state index in [1.54, 1.807) is 17.0 Å². The predicted octanol–water partition coefficient (Wildman–Crippen LogP) is 0.0975. The van der Waals surface area contributed by atoms with Gasteiger partial charge in [0.1, 0.15) is 6.04 Å². The molecular formula is C16H21N3O4. The van der Waals surface area contributed by atoms with Gasteiger partial charge in [-0.15, -0.1) is 0 Å². The third kappa shape index (κ3) is 3.50. The monoisotopic (exact) mass is 319 g/mol. The number of nitrogens with zero attached hydrogens (tertiary/aromatic N) is 1. The maximum absolute atomic E-state index is 12.6. The molecule has 3 N–H and O–H groups in total. The number of fused-ring (bicyclic) bond motifs is 1. The molecule has 0 aliphatic carbocycles. The van der Waals surface area contributed by atoms with Crippen LogP contribution < -0.4 is 15.5 Å². The van der Waals surface area contributed by atoms with Crippen molar-refractivity contribution in [3.05, 3.63) is 29.8 Å². The zero-order valence-electron chi connectivity index (χ0n) is 13.2. The second-order valence-electron chi connectivity index (χ2n) is 5.60. The molecule has 0 spiro atoms. The van der Waals surface area contributed by atoms with Gasteiger partial charge in [0.25, 0.3) is 5.91 Å². The third-order valence-electron chi connectivity index (χ3n) is 3.61. The van der Waals surface area contributed by atoms with E-state index in [0.717, 1.165) is 5.69 Å². The average molecular weight is 319 g/mol. The van der Waals surface area contributed by atoms with Gasteiger partial charge in [-0.3, -0.25) is 14.4 Å². The Labute approximate surface area is 134 Å². The Morgan fingerprint density at radius 2 is 1.96 bits per heavy atom. The number of amides is 3. The maximum atomic E-state index is 12.6. The number of anilines is 1. The molecule has 1 atom stereocenters. The number of carbonyl (C=O) groups excluding carboxylic acids is 3. The lowest BCUT2D eigenvalue weighted by molar-refractivity contribution is -0.140. The summed E-state index contributed by atoms with van der Waals surface area (Å²) < 4.78 is 0. The standard InChI is InChI=1S/C16H21N3O4/c1-10(2)19-12-7-4-3-6-11(12)13(16(19)23)18-15(22)14(21)17-8-5-9-20/h3-4,6-7,10,13,20H,5,8-9H2,1-2H3,(H,17,21)(H,18,22). The summed E-state index contributed by atoms with van der Waals surface area (Å²) in [7, 11) is 0. The van der Waals surface area contributed by atoms with Gasteiger partial charge in [0.05, 0.1) is 0 Å². The third-order valence-corrected chi connectivity index (χ3v) is 3.61. The summed E-state index contributed by atoms with van der Waals surface area (Å²) in [6.07, 6.45) is 0.366. The molecule has 1 heterocycles. The highest BCUT2D eigenvalue weighted by atomic mass is 16.3. The van der Waals surface area contributed by atoms with E-state index >= 15 is 0 Å². The number of hydrogen-bond donors (Lipinski definition) is 3. The first-order valence-electron chi connectivity index (χ1n) is 7.59. The number of aliphatic hydroxyl groups is 1. The normalized spacial score (nSPS) is 16.4. The number of carbonyl (C=O) groups is 3. The van der Waals surface area contributed by atoms with Crippen LogP contribution >= 0.6 is 0 Å². The van der Waals surface area contributed by atoms with Crippen molar-refractivity contribution in [3.8, 4) is 0 Å². The highest BCUT2D eigenvalue weighted by Crippen LogP contribution is 2.36. The molecule has 1 unspecified atom stereocenters. The van der Waals surface area contributed by atoms with E-state index in [1.807, 2.05) is 26.0 Å². The van der Waals surface area contributed by atoms with Gasteiger partial charge < -0.3 is 20.6 Å². The van der Waals surface area contributed by atoms with Crippen LogP contribution in [0.25, 0.3) is 0 Å². The molecule has 0 aromatic heterocycles. The maximum Gasteiger partial charge on any atom is 0.310 e. The SMILES string of the molecule is CC(C)N1C(=O)C(NC(=O)C(=O)NCCCO)c2ccccc21. The number of nitrogens with one attached hydrogen (secondary N) is 2. The molecule has 1 aliphatic heterocycles. The first-order valence-corrected chi connectivity index (χ1v) is 7.59. The van der Waals surface area contributed by atoms with Crippen LogP contribution in [0.4, 0.5) is 5.69 Å². The van der Waals surface area contributed by atoms with Crippen LogP contribution in [0.1, 0.15) is 31.9 Å². The number of hydrogen-bond acceptors (Lipinski definition) is 4. The van der Waals surface area contributed by atoms with Gasteiger partial charge in [-0.2, -0.15) is 0 Å². The van der Waals surface area contributed by atoms with E-state index in [-0.39, 0.29) is 25.1 Å². The summed E-state index contributed by atoms with van der Waals surface area (Å²) in [5, 5.41) is 13.6. The van der Waals surface area contributed by atoms with Crippen molar-refractivity contribution >= 4 is 23.4 Å². The summed E-state index contributed by atoms with van der Waals surface area (Å²) in [5.74, 6) is -1.92. The zero-order valence-corrected chi connectivity index (χ0v) is 13.2. The molecule has 0 radical (unpaired) electrons. The Balaban J connectivity index is 2.12. The van der Waals surface area contributed by atoms with Gasteiger partial charge in [-0.25, -0.2) is 0 Å². The molecule has 0 saturated carbocycles. The fourth-order valence-corrected chi connectivity index (χ4v) is 2.57. The Morgan fingerprint density at radius 3 is 2.61 bits per heavy atom. The van der Waals surface area contributed by atoms with Gasteiger partial charge in [0.2, 0.25) is 0 Å². The summed E-state index contributed by atoms with van der Waals surface area (Å²) >= 11 is 0. The Morgan fingerprint density at radius 1 is 1.26 bits per heavy atom. The highest BCUT2D eigenvalue weighted by Gasteiger charge is 2.39. The van der Waals surface area contributed by atoms with Crippen LogP contribution in [-0.4, -0.2) is 42.0 Å². The smallest absolute Gasteiger partial charge is 0.310 e. The second-order valence-corrected chi connectivity index (χ2v) is 5.60. The Hall–Kier alpha value is -2.41. The number of rotatable bonds is 5. The molecule has 124 valence electrons. The van der Waals surface area contributed by atoms with E-state index in [9.17, 15) is 14.4 Å². The van der Waals surface area contributed by atoms with Crippen LogP contribution in [-0.2, 0) is 14.4 Å². The molecule has 23 heavy (non-hydrogen) atoms. The van der Waals surface area contributed by atoms with Crippen LogP contribution in [0.5, 0.6) is 0 Å². The number of benzene rings is 1. The summed E-state index contributed by atoms with van der Waals surface area (Å²) in [6, 6.07) is 6.29. The van der Waals surface area contributed by atoms with E-state index < -0.39 is 17.9 Å². The molecule has 0 bridgehead atoms. The van der Waals surface area contributed by atoms with Gasteiger partial charge in [-0.1, -0.05) is 18.2 Å². The predicted molar refractivity (Wildman–Crippen MR) is 84.7 cm³/mol. The molecule has 3 amide bonds.